The fourth-order valence-electron chi connectivity index (χ4n) is 3.21. The van der Waals surface area contributed by atoms with Gasteiger partial charge in [0.05, 0.1) is 0 Å². The molecule has 0 radical (unpaired) electrons. The Kier molecular flexibility index (Phi) is 5.03. The zero-order valence-electron chi connectivity index (χ0n) is 15.1. The largest absolute Gasteiger partial charge is 0.485 e. The summed E-state index contributed by atoms with van der Waals surface area (Å²) in [7, 11) is 4.12. The maximum atomic E-state index is 12.7. The van der Waals surface area contributed by atoms with Crippen LogP contribution in [0, 0.1) is 12.8 Å². The van der Waals surface area contributed by atoms with Gasteiger partial charge in [0.15, 0.2) is 6.61 Å². The molecule has 1 aliphatic rings. The van der Waals surface area contributed by atoms with Crippen LogP contribution in [0.2, 0.25) is 0 Å². The third-order valence-corrected chi connectivity index (χ3v) is 4.56. The number of benzene rings is 1. The topological polar surface area (TPSA) is 71.7 Å². The summed E-state index contributed by atoms with van der Waals surface area (Å²) in [5, 5.41) is 3.78. The Morgan fingerprint density at radius 1 is 1.32 bits per heavy atom. The molecule has 2 heterocycles. The number of carbonyl (C=O) groups is 1. The Hall–Kier alpha value is -2.41. The molecule has 7 nitrogen and oxygen atoms in total. The Balaban J connectivity index is 1.59. The van der Waals surface area contributed by atoms with Gasteiger partial charge in [-0.25, -0.2) is 0 Å². The SMILES string of the molecule is Cc1nc(COc2ccc(C(=O)N3C[C@H](C)[C@@H](N(C)C)C3)cc2)no1. The maximum Gasteiger partial charge on any atom is 0.253 e. The summed E-state index contributed by atoms with van der Waals surface area (Å²) >= 11 is 0. The van der Waals surface area contributed by atoms with Crippen LogP contribution in [0.1, 0.15) is 29.0 Å². The first-order chi connectivity index (χ1) is 11.9. The number of aromatic nitrogens is 2. The van der Waals surface area contributed by atoms with Crippen LogP contribution < -0.4 is 4.74 Å². The first kappa shape index (κ1) is 17.4. The number of carbonyl (C=O) groups excluding carboxylic acids is 1. The lowest BCUT2D eigenvalue weighted by molar-refractivity contribution is 0.0781. The van der Waals surface area contributed by atoms with Crippen LogP contribution in [0.15, 0.2) is 28.8 Å². The Morgan fingerprint density at radius 3 is 2.60 bits per heavy atom. The fraction of sp³-hybridized carbons (Fsp3) is 0.500. The highest BCUT2D eigenvalue weighted by molar-refractivity contribution is 5.94. The number of likely N-dealkylation sites (tertiary alicyclic amines) is 1. The molecule has 2 atom stereocenters. The minimum Gasteiger partial charge on any atom is -0.485 e. The van der Waals surface area contributed by atoms with Crippen molar-refractivity contribution in [2.24, 2.45) is 5.92 Å². The van der Waals surface area contributed by atoms with Gasteiger partial charge in [0.25, 0.3) is 5.91 Å². The minimum absolute atomic E-state index is 0.0662. The van der Waals surface area contributed by atoms with Crippen LogP contribution in [0.5, 0.6) is 5.75 Å². The smallest absolute Gasteiger partial charge is 0.253 e. The maximum absolute atomic E-state index is 12.7. The van der Waals surface area contributed by atoms with E-state index in [4.69, 9.17) is 9.26 Å². The molecule has 3 rings (SSSR count). The summed E-state index contributed by atoms with van der Waals surface area (Å²) in [5.74, 6) is 2.21. The summed E-state index contributed by atoms with van der Waals surface area (Å²) in [4.78, 5) is 20.9. The summed E-state index contributed by atoms with van der Waals surface area (Å²) in [6, 6.07) is 7.59. The zero-order valence-corrected chi connectivity index (χ0v) is 15.1. The summed E-state index contributed by atoms with van der Waals surface area (Å²) < 4.78 is 10.5. The number of aryl methyl sites for hydroxylation is 1. The zero-order chi connectivity index (χ0) is 18.0. The molecule has 0 N–H and O–H groups in total. The second-order valence-corrected chi connectivity index (χ2v) is 6.76. The summed E-state index contributed by atoms with van der Waals surface area (Å²) in [6.07, 6.45) is 0. The lowest BCUT2D eigenvalue weighted by Gasteiger charge is -2.22. The molecule has 1 aliphatic heterocycles. The number of ether oxygens (including phenoxy) is 1. The van der Waals surface area contributed by atoms with E-state index in [0.29, 0.717) is 35.0 Å². The van der Waals surface area contributed by atoms with Crippen molar-refractivity contribution in [2.75, 3.05) is 27.2 Å². The van der Waals surface area contributed by atoms with Crippen molar-refractivity contribution in [2.45, 2.75) is 26.5 Å². The van der Waals surface area contributed by atoms with Gasteiger partial charge in [0.2, 0.25) is 11.7 Å². The normalized spacial score (nSPS) is 20.3. The number of hydrogen-bond donors (Lipinski definition) is 0. The Bertz CT molecular complexity index is 726. The number of hydrogen-bond acceptors (Lipinski definition) is 6. The molecular formula is C18H24N4O3. The van der Waals surface area contributed by atoms with Crippen molar-refractivity contribution >= 4 is 5.91 Å². The Labute approximate surface area is 147 Å². The molecule has 1 aromatic carbocycles. The summed E-state index contributed by atoms with van der Waals surface area (Å²) in [5.41, 5.74) is 0.675. The van der Waals surface area contributed by atoms with E-state index in [1.165, 1.54) is 0 Å². The molecule has 1 saturated heterocycles. The third-order valence-electron chi connectivity index (χ3n) is 4.56. The molecule has 1 fully saturated rings. The van der Waals surface area contributed by atoms with Crippen LogP contribution in [0.3, 0.4) is 0 Å². The lowest BCUT2D eigenvalue weighted by Crippen LogP contribution is -2.35. The number of likely N-dealkylation sites (N-methyl/N-ethyl adjacent to an activating group) is 1. The number of nitrogens with zero attached hydrogens (tertiary/aromatic N) is 4. The Morgan fingerprint density at radius 2 is 2.04 bits per heavy atom. The van der Waals surface area contributed by atoms with Crippen LogP contribution in [0.4, 0.5) is 0 Å². The molecule has 0 saturated carbocycles. The van der Waals surface area contributed by atoms with E-state index in [1.54, 1.807) is 31.2 Å². The van der Waals surface area contributed by atoms with E-state index >= 15 is 0 Å². The first-order valence-corrected chi connectivity index (χ1v) is 8.42. The molecule has 0 bridgehead atoms. The third kappa shape index (κ3) is 3.99. The minimum atomic E-state index is 0.0662. The van der Waals surface area contributed by atoms with Crippen molar-refractivity contribution in [1.82, 2.24) is 19.9 Å². The molecule has 7 heteroatoms. The second-order valence-electron chi connectivity index (χ2n) is 6.76. The van der Waals surface area contributed by atoms with Gasteiger partial charge >= 0.3 is 0 Å². The van der Waals surface area contributed by atoms with Crippen LogP contribution in [-0.2, 0) is 6.61 Å². The van der Waals surface area contributed by atoms with Crippen LogP contribution >= 0.6 is 0 Å². The predicted molar refractivity (Wildman–Crippen MR) is 92.4 cm³/mol. The van der Waals surface area contributed by atoms with Gasteiger partial charge in [0, 0.05) is 31.6 Å². The van der Waals surface area contributed by atoms with Gasteiger partial charge in [-0.3, -0.25) is 4.79 Å². The van der Waals surface area contributed by atoms with Crippen LogP contribution in [0.25, 0.3) is 0 Å². The van der Waals surface area contributed by atoms with E-state index in [2.05, 4.69) is 36.1 Å². The van der Waals surface area contributed by atoms with E-state index in [1.807, 2.05) is 4.90 Å². The van der Waals surface area contributed by atoms with Crippen molar-refractivity contribution in [3.63, 3.8) is 0 Å². The number of amides is 1. The van der Waals surface area contributed by atoms with Gasteiger partial charge in [-0.2, -0.15) is 4.98 Å². The highest BCUT2D eigenvalue weighted by Gasteiger charge is 2.33. The quantitative estimate of drug-likeness (QED) is 0.826. The molecule has 2 aromatic rings. The van der Waals surface area contributed by atoms with E-state index < -0.39 is 0 Å². The first-order valence-electron chi connectivity index (χ1n) is 8.42. The van der Waals surface area contributed by atoms with Gasteiger partial charge in [-0.15, -0.1) is 0 Å². The molecular weight excluding hydrogens is 320 g/mol. The van der Waals surface area contributed by atoms with E-state index in [9.17, 15) is 4.79 Å². The van der Waals surface area contributed by atoms with E-state index in [0.717, 1.165) is 13.1 Å². The van der Waals surface area contributed by atoms with Crippen molar-refractivity contribution in [3.05, 3.63) is 41.5 Å². The van der Waals surface area contributed by atoms with Gasteiger partial charge in [0.1, 0.15) is 5.75 Å². The number of rotatable bonds is 5. The van der Waals surface area contributed by atoms with Gasteiger partial charge in [-0.05, 0) is 44.3 Å². The molecule has 0 unspecified atom stereocenters. The van der Waals surface area contributed by atoms with Crippen LogP contribution in [-0.4, -0.2) is 59.1 Å². The monoisotopic (exact) mass is 344 g/mol. The average molecular weight is 344 g/mol. The summed E-state index contributed by atoms with van der Waals surface area (Å²) in [6.45, 7) is 5.71. The fourth-order valence-corrected chi connectivity index (χ4v) is 3.21. The van der Waals surface area contributed by atoms with E-state index in [-0.39, 0.29) is 12.5 Å². The van der Waals surface area contributed by atoms with Crippen molar-refractivity contribution in [3.8, 4) is 5.75 Å². The highest BCUT2D eigenvalue weighted by atomic mass is 16.5. The molecule has 1 amide bonds. The van der Waals surface area contributed by atoms with Gasteiger partial charge in [-0.1, -0.05) is 12.1 Å². The van der Waals surface area contributed by atoms with Crippen molar-refractivity contribution in [1.29, 1.82) is 0 Å². The van der Waals surface area contributed by atoms with Gasteiger partial charge < -0.3 is 19.1 Å². The molecule has 0 spiro atoms. The molecule has 0 aliphatic carbocycles. The molecule has 1 aromatic heterocycles. The molecule has 25 heavy (non-hydrogen) atoms. The molecule has 134 valence electrons. The lowest BCUT2D eigenvalue weighted by atomic mass is 10.1. The average Bonchev–Trinajstić information content (AvgIpc) is 3.18. The standard InChI is InChI=1S/C18H24N4O3/c1-12-9-22(10-16(12)21(3)4)18(23)14-5-7-15(8-6-14)24-11-17-19-13(2)25-20-17/h5-8,12,16H,9-11H2,1-4H3/t12-,16-/m0/s1. The van der Waals surface area contributed by atoms with Crippen molar-refractivity contribution < 1.29 is 14.1 Å². The predicted octanol–water partition coefficient (Wildman–Crippen LogP) is 1.98. The second kappa shape index (κ2) is 7.23. The highest BCUT2D eigenvalue weighted by Crippen LogP contribution is 2.23.